The molecule has 0 spiro atoms. The molecule has 134 valence electrons. The van der Waals surface area contributed by atoms with Crippen LogP contribution in [0.5, 0.6) is 0 Å². The van der Waals surface area contributed by atoms with Crippen molar-refractivity contribution in [2.75, 3.05) is 18.4 Å². The van der Waals surface area contributed by atoms with Crippen molar-refractivity contribution < 1.29 is 13.9 Å². The molecule has 1 amide bonds. The number of amides is 1. The third kappa shape index (κ3) is 4.71. The second kappa shape index (κ2) is 7.13. The Morgan fingerprint density at radius 1 is 1.32 bits per heavy atom. The van der Waals surface area contributed by atoms with E-state index in [1.165, 1.54) is 0 Å². The molecule has 1 aliphatic heterocycles. The molecule has 0 aliphatic carbocycles. The highest BCUT2D eigenvalue weighted by atomic mass is 16.6. The first-order valence-corrected chi connectivity index (χ1v) is 8.50. The van der Waals surface area contributed by atoms with Gasteiger partial charge in [-0.2, -0.15) is 0 Å². The minimum atomic E-state index is -0.462. The van der Waals surface area contributed by atoms with E-state index in [0.717, 1.165) is 29.9 Å². The zero-order valence-electron chi connectivity index (χ0n) is 14.9. The number of carbonyl (C=O) groups excluding carboxylic acids is 1. The third-order valence-electron chi connectivity index (χ3n) is 3.98. The molecule has 2 aromatic rings. The summed E-state index contributed by atoms with van der Waals surface area (Å²) in [7, 11) is 0. The number of nitrogens with one attached hydrogen (secondary N) is 1. The summed E-state index contributed by atoms with van der Waals surface area (Å²) in [4.78, 5) is 22.4. The van der Waals surface area contributed by atoms with Gasteiger partial charge >= 0.3 is 6.09 Å². The summed E-state index contributed by atoms with van der Waals surface area (Å²) in [6.07, 6.45) is 6.28. The first-order chi connectivity index (χ1) is 11.9. The van der Waals surface area contributed by atoms with Gasteiger partial charge in [0.05, 0.1) is 18.2 Å². The number of carbonyl (C=O) groups is 1. The molecule has 0 radical (unpaired) electrons. The van der Waals surface area contributed by atoms with E-state index in [-0.39, 0.29) is 12.1 Å². The molecule has 7 heteroatoms. The fourth-order valence-electron chi connectivity index (χ4n) is 2.75. The Morgan fingerprint density at radius 3 is 2.72 bits per heavy atom. The molecule has 0 unspecified atom stereocenters. The van der Waals surface area contributed by atoms with E-state index in [4.69, 9.17) is 9.15 Å². The maximum Gasteiger partial charge on any atom is 0.410 e. The Labute approximate surface area is 147 Å². The lowest BCUT2D eigenvalue weighted by Crippen LogP contribution is -2.44. The van der Waals surface area contributed by atoms with Gasteiger partial charge in [0.1, 0.15) is 17.7 Å². The fourth-order valence-corrected chi connectivity index (χ4v) is 2.75. The molecular weight excluding hydrogens is 320 g/mol. The largest absolute Gasteiger partial charge is 0.472 e. The molecular formula is C18H24N4O3. The van der Waals surface area contributed by atoms with Gasteiger partial charge < -0.3 is 19.4 Å². The first-order valence-electron chi connectivity index (χ1n) is 8.50. The van der Waals surface area contributed by atoms with E-state index in [2.05, 4.69) is 15.3 Å². The van der Waals surface area contributed by atoms with Gasteiger partial charge in [-0.05, 0) is 39.7 Å². The minimum absolute atomic E-state index is 0.241. The van der Waals surface area contributed by atoms with Crippen LogP contribution in [0.4, 0.5) is 10.6 Å². The van der Waals surface area contributed by atoms with Crippen molar-refractivity contribution in [2.24, 2.45) is 0 Å². The predicted molar refractivity (Wildman–Crippen MR) is 94.2 cm³/mol. The standard InChI is InChI=1S/C18H24N4O3/c1-18(2,3)25-17(23)22-7-4-14(5-8-22)21-16-10-15(19-12-20-16)13-6-9-24-11-13/h6,9-12,14H,4-5,7-8H2,1-3H3,(H,19,20,21). The zero-order chi connectivity index (χ0) is 17.9. The second-order valence-electron chi connectivity index (χ2n) is 7.19. The summed E-state index contributed by atoms with van der Waals surface area (Å²) in [6, 6.07) is 4.04. The Bertz CT molecular complexity index is 701. The normalized spacial score (nSPS) is 15.9. The summed E-state index contributed by atoms with van der Waals surface area (Å²) in [5.74, 6) is 0.780. The van der Waals surface area contributed by atoms with Crippen LogP contribution in [0.25, 0.3) is 11.3 Å². The van der Waals surface area contributed by atoms with Crippen LogP contribution in [0.2, 0.25) is 0 Å². The molecule has 1 saturated heterocycles. The fraction of sp³-hybridized carbons (Fsp3) is 0.500. The summed E-state index contributed by atoms with van der Waals surface area (Å²) in [5, 5.41) is 3.43. The van der Waals surface area contributed by atoms with Crippen LogP contribution < -0.4 is 5.32 Å². The van der Waals surface area contributed by atoms with Crippen LogP contribution in [0, 0.1) is 0 Å². The lowest BCUT2D eigenvalue weighted by Gasteiger charge is -2.33. The highest BCUT2D eigenvalue weighted by Gasteiger charge is 2.26. The van der Waals surface area contributed by atoms with Gasteiger partial charge in [0.2, 0.25) is 0 Å². The highest BCUT2D eigenvalue weighted by Crippen LogP contribution is 2.21. The number of likely N-dealkylation sites (tertiary alicyclic amines) is 1. The van der Waals surface area contributed by atoms with E-state index >= 15 is 0 Å². The number of rotatable bonds is 3. The average Bonchev–Trinajstić information content (AvgIpc) is 3.09. The molecule has 0 atom stereocenters. The summed E-state index contributed by atoms with van der Waals surface area (Å²) >= 11 is 0. The number of nitrogens with zero attached hydrogens (tertiary/aromatic N) is 3. The summed E-state index contributed by atoms with van der Waals surface area (Å²) in [6.45, 7) is 6.99. The summed E-state index contributed by atoms with van der Waals surface area (Å²) < 4.78 is 10.5. The molecule has 0 aromatic carbocycles. The van der Waals surface area contributed by atoms with Crippen LogP contribution in [0.3, 0.4) is 0 Å². The Hall–Kier alpha value is -2.57. The molecule has 0 saturated carbocycles. The van der Waals surface area contributed by atoms with Gasteiger partial charge in [0, 0.05) is 30.8 Å². The smallest absolute Gasteiger partial charge is 0.410 e. The van der Waals surface area contributed by atoms with Crippen LogP contribution in [-0.4, -0.2) is 45.7 Å². The first kappa shape index (κ1) is 17.3. The van der Waals surface area contributed by atoms with Crippen LogP contribution in [0.15, 0.2) is 35.4 Å². The van der Waals surface area contributed by atoms with Crippen molar-refractivity contribution in [1.82, 2.24) is 14.9 Å². The highest BCUT2D eigenvalue weighted by molar-refractivity contribution is 5.68. The quantitative estimate of drug-likeness (QED) is 0.917. The van der Waals surface area contributed by atoms with E-state index in [0.29, 0.717) is 13.1 Å². The van der Waals surface area contributed by atoms with Crippen LogP contribution >= 0.6 is 0 Å². The molecule has 1 aliphatic rings. The van der Waals surface area contributed by atoms with E-state index < -0.39 is 5.60 Å². The van der Waals surface area contributed by atoms with Crippen LogP contribution in [-0.2, 0) is 4.74 Å². The Balaban J connectivity index is 1.54. The monoisotopic (exact) mass is 344 g/mol. The van der Waals surface area contributed by atoms with Crippen molar-refractivity contribution in [3.8, 4) is 11.3 Å². The number of hydrogen-bond acceptors (Lipinski definition) is 6. The summed E-state index contributed by atoms with van der Waals surface area (Å²) in [5.41, 5.74) is 1.28. The SMILES string of the molecule is CC(C)(C)OC(=O)N1CCC(Nc2cc(-c3ccoc3)ncn2)CC1. The number of anilines is 1. The van der Waals surface area contributed by atoms with Gasteiger partial charge in [-0.3, -0.25) is 0 Å². The Morgan fingerprint density at radius 2 is 2.08 bits per heavy atom. The molecule has 25 heavy (non-hydrogen) atoms. The minimum Gasteiger partial charge on any atom is -0.472 e. The van der Waals surface area contributed by atoms with Crippen molar-refractivity contribution in [1.29, 1.82) is 0 Å². The van der Waals surface area contributed by atoms with Crippen molar-refractivity contribution in [2.45, 2.75) is 45.3 Å². The number of piperidine rings is 1. The van der Waals surface area contributed by atoms with Gasteiger partial charge in [0.15, 0.2) is 0 Å². The Kier molecular flexibility index (Phi) is 4.92. The van der Waals surface area contributed by atoms with Crippen molar-refractivity contribution in [3.05, 3.63) is 31.0 Å². The molecule has 1 N–H and O–H groups in total. The molecule has 1 fully saturated rings. The number of hydrogen-bond donors (Lipinski definition) is 1. The lowest BCUT2D eigenvalue weighted by molar-refractivity contribution is 0.0210. The molecule has 3 rings (SSSR count). The van der Waals surface area contributed by atoms with E-state index in [1.807, 2.05) is 32.9 Å². The second-order valence-corrected chi connectivity index (χ2v) is 7.19. The van der Waals surface area contributed by atoms with Gasteiger partial charge in [-0.1, -0.05) is 0 Å². The number of ether oxygens (including phenoxy) is 1. The lowest BCUT2D eigenvalue weighted by atomic mass is 10.1. The number of aromatic nitrogens is 2. The maximum atomic E-state index is 12.1. The predicted octanol–water partition coefficient (Wildman–Crippen LogP) is 3.55. The molecule has 7 nitrogen and oxygen atoms in total. The van der Waals surface area contributed by atoms with Gasteiger partial charge in [0.25, 0.3) is 0 Å². The zero-order valence-corrected chi connectivity index (χ0v) is 14.9. The van der Waals surface area contributed by atoms with Crippen molar-refractivity contribution >= 4 is 11.9 Å². The maximum absolute atomic E-state index is 12.1. The van der Waals surface area contributed by atoms with Crippen LogP contribution in [0.1, 0.15) is 33.6 Å². The topological polar surface area (TPSA) is 80.5 Å². The average molecular weight is 344 g/mol. The van der Waals surface area contributed by atoms with Gasteiger partial charge in [-0.15, -0.1) is 0 Å². The van der Waals surface area contributed by atoms with Gasteiger partial charge in [-0.25, -0.2) is 14.8 Å². The third-order valence-corrected chi connectivity index (χ3v) is 3.98. The van der Waals surface area contributed by atoms with E-state index in [9.17, 15) is 4.79 Å². The van der Waals surface area contributed by atoms with E-state index in [1.54, 1.807) is 23.8 Å². The molecule has 3 heterocycles. The molecule has 0 bridgehead atoms. The molecule has 2 aromatic heterocycles. The number of furan rings is 1. The van der Waals surface area contributed by atoms with Crippen molar-refractivity contribution in [3.63, 3.8) is 0 Å².